The zero-order valence-electron chi connectivity index (χ0n) is 13.4. The molecule has 3 rings (SSSR count). The number of oxazole rings is 1. The number of imide groups is 1. The van der Waals surface area contributed by atoms with Crippen molar-refractivity contribution in [3.63, 3.8) is 0 Å². The van der Waals surface area contributed by atoms with E-state index in [0.29, 0.717) is 5.06 Å². The van der Waals surface area contributed by atoms with E-state index in [-0.39, 0.29) is 59.6 Å². The number of aromatic nitrogens is 1. The van der Waals surface area contributed by atoms with Crippen LogP contribution in [0, 0.1) is 0 Å². The Labute approximate surface area is 169 Å². The van der Waals surface area contributed by atoms with Crippen LogP contribution < -0.4 is 29.6 Å². The second-order valence-corrected chi connectivity index (χ2v) is 6.37. The van der Waals surface area contributed by atoms with Gasteiger partial charge in [0.2, 0.25) is 5.91 Å². The maximum absolute atomic E-state index is 12.4. The van der Waals surface area contributed by atoms with Crippen LogP contribution in [-0.4, -0.2) is 69.4 Å². The normalized spacial score (nSPS) is 22.2. The van der Waals surface area contributed by atoms with Crippen LogP contribution in [0.3, 0.4) is 0 Å². The molecule has 2 saturated heterocycles. The number of amides is 4. The molecule has 1 aromatic rings. The van der Waals surface area contributed by atoms with E-state index in [0.717, 1.165) is 17.6 Å². The van der Waals surface area contributed by atoms with Gasteiger partial charge in [-0.3, -0.25) is 14.1 Å². The molecule has 15 heteroatoms. The van der Waals surface area contributed by atoms with E-state index in [1.54, 1.807) is 0 Å². The summed E-state index contributed by atoms with van der Waals surface area (Å²) >= 11 is 0. The maximum Gasteiger partial charge on any atom is 1.00 e. The number of hydrogen-bond acceptors (Lipinski definition) is 8. The van der Waals surface area contributed by atoms with Gasteiger partial charge >= 0.3 is 46.0 Å². The molecule has 136 valence electrons. The second kappa shape index (κ2) is 7.59. The van der Waals surface area contributed by atoms with Crippen molar-refractivity contribution in [3.8, 4) is 0 Å². The average Bonchev–Trinajstić information content (AvgIpc) is 3.16. The number of nitrogens with zero attached hydrogens (tertiary/aromatic N) is 4. The van der Waals surface area contributed by atoms with Gasteiger partial charge in [0, 0.05) is 6.54 Å². The number of urea groups is 1. The number of hydrogen-bond donors (Lipinski definition) is 1. The molecule has 0 unspecified atom stereocenters. The summed E-state index contributed by atoms with van der Waals surface area (Å²) in [7, 11) is -4.90. The Hall–Kier alpha value is -1.55. The van der Waals surface area contributed by atoms with E-state index in [4.69, 9.17) is 10.4 Å². The summed E-state index contributed by atoms with van der Waals surface area (Å²) in [5, 5.41) is 0.540. The Kier molecular flexibility index (Phi) is 6.06. The number of nitrogens with one attached hydrogen (secondary N) is 1. The second-order valence-electron chi connectivity index (χ2n) is 5.36. The van der Waals surface area contributed by atoms with Gasteiger partial charge in [-0.2, -0.15) is 13.5 Å². The molecule has 0 radical (unpaired) electrons. The number of hydroxylamine groups is 2. The predicted molar refractivity (Wildman–Crippen MR) is 75.4 cm³/mol. The smallest absolute Gasteiger partial charge is 0.573 e. The summed E-state index contributed by atoms with van der Waals surface area (Å²) in [4.78, 5) is 41.1. The van der Waals surface area contributed by atoms with Crippen molar-refractivity contribution in [2.24, 2.45) is 0 Å². The molecular weight excluding hydrogens is 385 g/mol. The maximum atomic E-state index is 12.4. The molecule has 0 spiro atoms. The van der Waals surface area contributed by atoms with E-state index in [9.17, 15) is 22.8 Å². The Morgan fingerprint density at radius 3 is 2.69 bits per heavy atom. The number of fused-ring (bicyclic) bond motifs is 2. The molecule has 4 amide bonds. The minimum Gasteiger partial charge on any atom is -0.573 e. The largest absolute Gasteiger partial charge is 1.00 e. The molecule has 26 heavy (non-hydrogen) atoms. The Morgan fingerprint density at radius 2 is 2.12 bits per heavy atom. The van der Waals surface area contributed by atoms with Crippen LogP contribution in [0.15, 0.2) is 17.1 Å². The van der Waals surface area contributed by atoms with Crippen molar-refractivity contribution in [1.82, 2.24) is 20.0 Å². The first-order valence-electron chi connectivity index (χ1n) is 6.93. The third-order valence-electron chi connectivity index (χ3n) is 3.86. The summed E-state index contributed by atoms with van der Waals surface area (Å²) in [5.41, 5.74) is -0.249. The zero-order chi connectivity index (χ0) is 18.4. The van der Waals surface area contributed by atoms with Crippen molar-refractivity contribution in [1.29, 1.82) is 0 Å². The molecule has 13 nitrogen and oxygen atoms in total. The summed E-state index contributed by atoms with van der Waals surface area (Å²) in [6.07, 6.45) is 2.20. The minimum absolute atomic E-state index is 0. The molecule has 2 fully saturated rings. The van der Waals surface area contributed by atoms with Crippen LogP contribution in [-0.2, 0) is 19.5 Å². The SMILES string of the molecule is [NH-]N(C(=O)c1cocn1)C(=O)[C@@H]1CC[C@@H]2CN1C(=O)N2OS(=O)(=O)O.[Na+]. The molecule has 0 aromatic carbocycles. The number of carbonyl (C=O) groups excluding carboxylic acids is 3. The number of carbonyl (C=O) groups is 3. The molecule has 0 saturated carbocycles. The zero-order valence-corrected chi connectivity index (χ0v) is 16.2. The Bertz CT molecular complexity index is 815. The van der Waals surface area contributed by atoms with E-state index in [2.05, 4.69) is 13.7 Å². The summed E-state index contributed by atoms with van der Waals surface area (Å²) in [5.74, 6) is 5.66. The van der Waals surface area contributed by atoms with Crippen molar-refractivity contribution >= 4 is 28.2 Å². The van der Waals surface area contributed by atoms with Crippen molar-refractivity contribution < 1.29 is 65.6 Å². The molecule has 2 aliphatic heterocycles. The van der Waals surface area contributed by atoms with Crippen molar-refractivity contribution in [2.75, 3.05) is 6.54 Å². The summed E-state index contributed by atoms with van der Waals surface area (Å²) in [6.45, 7) is -0.0449. The topological polar surface area (TPSA) is 174 Å². The van der Waals surface area contributed by atoms with E-state index >= 15 is 0 Å². The fourth-order valence-electron chi connectivity index (χ4n) is 2.77. The number of piperidine rings is 1. The van der Waals surface area contributed by atoms with Crippen LogP contribution in [0.1, 0.15) is 23.3 Å². The van der Waals surface area contributed by atoms with E-state index in [1.807, 2.05) is 0 Å². The quantitative estimate of drug-likeness (QED) is 0.235. The standard InChI is InChI=1S/C11H12N5O8S.Na/c12-15(9(17)7-4-23-5-13-7)10(18)8-2-1-6-3-14(8)11(19)16(6)24-25(20,21)22;/h4-6,8,12H,1-3H2,(H,20,21,22);/q-1;+1/t6-,8+;/m1./s1. The van der Waals surface area contributed by atoms with E-state index in [1.165, 1.54) is 0 Å². The predicted octanol–water partition coefficient (Wildman–Crippen LogP) is -3.38. The fourth-order valence-corrected chi connectivity index (χ4v) is 3.16. The van der Waals surface area contributed by atoms with Gasteiger partial charge in [0.1, 0.15) is 12.3 Å². The molecule has 2 N–H and O–H groups in total. The molecule has 2 bridgehead atoms. The van der Waals surface area contributed by atoms with Crippen LogP contribution >= 0.6 is 0 Å². The van der Waals surface area contributed by atoms with Gasteiger partial charge in [0.05, 0.1) is 6.04 Å². The first-order valence-corrected chi connectivity index (χ1v) is 8.30. The van der Waals surface area contributed by atoms with Crippen LogP contribution in [0.4, 0.5) is 4.79 Å². The molecule has 2 atom stereocenters. The van der Waals surface area contributed by atoms with Gasteiger partial charge in [-0.15, -0.1) is 4.28 Å². The molecule has 3 heterocycles. The minimum atomic E-state index is -4.90. The van der Waals surface area contributed by atoms with Gasteiger partial charge < -0.3 is 20.2 Å². The third kappa shape index (κ3) is 3.90. The number of rotatable bonds is 4. The molecular formula is C11H12N5NaO8S. The third-order valence-corrected chi connectivity index (χ3v) is 4.21. The van der Waals surface area contributed by atoms with Gasteiger partial charge in [0.15, 0.2) is 12.1 Å². The first-order chi connectivity index (χ1) is 11.7. The van der Waals surface area contributed by atoms with Crippen molar-refractivity contribution in [2.45, 2.75) is 24.9 Å². The molecule has 2 aliphatic rings. The van der Waals surface area contributed by atoms with E-state index < -0.39 is 40.3 Å². The monoisotopic (exact) mass is 397 g/mol. The van der Waals surface area contributed by atoms with Gasteiger partial charge in [-0.1, -0.05) is 0 Å². The Morgan fingerprint density at radius 1 is 1.42 bits per heavy atom. The molecule has 0 aliphatic carbocycles. The first kappa shape index (κ1) is 20.8. The Balaban J connectivity index is 0.00000243. The molecule has 1 aromatic heterocycles. The summed E-state index contributed by atoms with van der Waals surface area (Å²) < 4.78 is 39.2. The van der Waals surface area contributed by atoms with Gasteiger partial charge in [0.25, 0.3) is 5.91 Å². The van der Waals surface area contributed by atoms with Gasteiger partial charge in [-0.05, 0) is 12.8 Å². The van der Waals surface area contributed by atoms with Crippen LogP contribution in [0.25, 0.3) is 5.84 Å². The van der Waals surface area contributed by atoms with Gasteiger partial charge in [-0.25, -0.2) is 9.78 Å². The van der Waals surface area contributed by atoms with Crippen LogP contribution in [0.5, 0.6) is 0 Å². The van der Waals surface area contributed by atoms with Crippen LogP contribution in [0.2, 0.25) is 0 Å². The van der Waals surface area contributed by atoms with Crippen molar-refractivity contribution in [3.05, 3.63) is 24.2 Å². The average molecular weight is 397 g/mol. The summed E-state index contributed by atoms with van der Waals surface area (Å²) in [6, 6.07) is -2.78. The fraction of sp³-hybridized carbons (Fsp3) is 0.455.